The Morgan fingerprint density at radius 3 is 2.59 bits per heavy atom. The summed E-state index contributed by atoms with van der Waals surface area (Å²) in [6.45, 7) is 3.43. The maximum absolute atomic E-state index is 13.9. The molecule has 1 atom stereocenters. The van der Waals surface area contributed by atoms with Gasteiger partial charge < -0.3 is 14.8 Å². The minimum absolute atomic E-state index is 0. The summed E-state index contributed by atoms with van der Waals surface area (Å²) in [7, 11) is 0. The molecule has 1 aliphatic heterocycles. The molecule has 0 aromatic heterocycles. The molecule has 0 radical (unpaired) electrons. The lowest BCUT2D eigenvalue weighted by atomic mass is 9.80. The highest BCUT2D eigenvalue weighted by Gasteiger charge is 2.40. The number of benzene rings is 1. The van der Waals surface area contributed by atoms with E-state index in [1.165, 1.54) is 0 Å². The van der Waals surface area contributed by atoms with Crippen molar-refractivity contribution in [1.82, 2.24) is 5.32 Å². The van der Waals surface area contributed by atoms with Gasteiger partial charge >= 0.3 is 12.5 Å². The lowest BCUT2D eigenvalue weighted by Crippen LogP contribution is -2.47. The van der Waals surface area contributed by atoms with Crippen LogP contribution in [-0.4, -0.2) is 19.1 Å². The molecule has 0 unspecified atom stereocenters. The van der Waals surface area contributed by atoms with Crippen LogP contribution in [0.1, 0.15) is 25.5 Å². The summed E-state index contributed by atoms with van der Waals surface area (Å²) in [6.07, 6.45) is -5.62. The highest BCUT2D eigenvalue weighted by Crippen LogP contribution is 2.39. The third-order valence-corrected chi connectivity index (χ3v) is 3.13. The van der Waals surface area contributed by atoms with Crippen LogP contribution in [0.25, 0.3) is 0 Å². The predicted molar refractivity (Wildman–Crippen MR) is 71.3 cm³/mol. The normalized spacial score (nSPS) is 20.5. The van der Waals surface area contributed by atoms with Crippen LogP contribution in [0.2, 0.25) is 0 Å². The number of alkyl halides is 3. The van der Waals surface area contributed by atoms with Crippen molar-refractivity contribution < 1.29 is 31.8 Å². The second-order valence-electron chi connectivity index (χ2n) is 5.37. The fraction of sp³-hybridized carbons (Fsp3) is 0.462. The molecule has 1 heterocycles. The monoisotopic (exact) mass is 343 g/mol. The summed E-state index contributed by atoms with van der Waals surface area (Å²) in [5.41, 5.74) is -0.774. The molecule has 0 saturated carbocycles. The van der Waals surface area contributed by atoms with Crippen molar-refractivity contribution in [3.05, 3.63) is 29.6 Å². The van der Waals surface area contributed by atoms with Gasteiger partial charge in [0.05, 0.1) is 6.04 Å². The molecule has 22 heavy (non-hydrogen) atoms. The number of halogens is 5. The highest BCUT2D eigenvalue weighted by atomic mass is 35.5. The number of cyclic esters (lactones) is 1. The first-order valence-electron chi connectivity index (χ1n) is 6.07. The number of carbonyl (C=O) groups is 1. The number of hydrogen-bond acceptors (Lipinski definition) is 3. The molecule has 1 fully saturated rings. The first-order chi connectivity index (χ1) is 9.58. The molecule has 0 bridgehead atoms. The van der Waals surface area contributed by atoms with Gasteiger partial charge in [-0.15, -0.1) is 25.6 Å². The summed E-state index contributed by atoms with van der Waals surface area (Å²) >= 11 is 0. The first kappa shape index (κ1) is 18.3. The molecular formula is C13H14ClF4NO3. The van der Waals surface area contributed by atoms with Crippen molar-refractivity contribution in [1.29, 1.82) is 0 Å². The second kappa shape index (κ2) is 6.20. The van der Waals surface area contributed by atoms with Gasteiger partial charge in [0.1, 0.15) is 18.2 Å². The summed E-state index contributed by atoms with van der Waals surface area (Å²) < 4.78 is 59.2. The van der Waals surface area contributed by atoms with E-state index < -0.39 is 35.5 Å². The van der Waals surface area contributed by atoms with Crippen molar-refractivity contribution in [3.63, 3.8) is 0 Å². The molecule has 1 amide bonds. The van der Waals surface area contributed by atoms with Gasteiger partial charge in [-0.1, -0.05) is 13.8 Å². The zero-order valence-electron chi connectivity index (χ0n) is 11.7. The third kappa shape index (κ3) is 4.16. The van der Waals surface area contributed by atoms with E-state index in [9.17, 15) is 22.4 Å². The van der Waals surface area contributed by atoms with Gasteiger partial charge in [0, 0.05) is 11.0 Å². The average molecular weight is 344 g/mol. The van der Waals surface area contributed by atoms with E-state index in [0.717, 1.165) is 18.2 Å². The molecule has 1 aliphatic rings. The minimum atomic E-state index is -4.87. The topological polar surface area (TPSA) is 47.6 Å². The van der Waals surface area contributed by atoms with Crippen LogP contribution in [0.5, 0.6) is 5.75 Å². The molecule has 1 N–H and O–H groups in total. The van der Waals surface area contributed by atoms with E-state index in [4.69, 9.17) is 4.74 Å². The Bertz CT molecular complexity index is 563. The van der Waals surface area contributed by atoms with Crippen molar-refractivity contribution in [3.8, 4) is 5.75 Å². The van der Waals surface area contributed by atoms with E-state index in [1.807, 2.05) is 0 Å². The van der Waals surface area contributed by atoms with Crippen molar-refractivity contribution in [2.45, 2.75) is 26.3 Å². The maximum atomic E-state index is 13.9. The van der Waals surface area contributed by atoms with Crippen LogP contribution in [0, 0.1) is 11.2 Å². The quantitative estimate of drug-likeness (QED) is 0.827. The minimum Gasteiger partial charge on any atom is -0.449 e. The molecule has 1 saturated heterocycles. The van der Waals surface area contributed by atoms with Gasteiger partial charge in [0.25, 0.3) is 0 Å². The molecule has 0 spiro atoms. The molecular weight excluding hydrogens is 330 g/mol. The van der Waals surface area contributed by atoms with Gasteiger partial charge in [0.15, 0.2) is 0 Å². The van der Waals surface area contributed by atoms with Gasteiger partial charge in [0.2, 0.25) is 0 Å². The fourth-order valence-electron chi connectivity index (χ4n) is 2.13. The highest BCUT2D eigenvalue weighted by molar-refractivity contribution is 5.85. The van der Waals surface area contributed by atoms with Crippen LogP contribution in [-0.2, 0) is 4.74 Å². The molecule has 124 valence electrons. The number of nitrogens with one attached hydrogen (secondary N) is 1. The van der Waals surface area contributed by atoms with E-state index in [0.29, 0.717) is 0 Å². The smallest absolute Gasteiger partial charge is 0.449 e. The molecule has 1 aromatic carbocycles. The van der Waals surface area contributed by atoms with Crippen molar-refractivity contribution in [2.75, 3.05) is 6.61 Å². The van der Waals surface area contributed by atoms with Crippen LogP contribution >= 0.6 is 12.4 Å². The van der Waals surface area contributed by atoms with Gasteiger partial charge in [-0.3, -0.25) is 0 Å². The number of carbonyl (C=O) groups excluding carboxylic acids is 1. The predicted octanol–water partition coefficient (Wildman–Crippen LogP) is 3.95. The summed E-state index contributed by atoms with van der Waals surface area (Å²) in [5, 5.41) is 2.42. The Kier molecular flexibility index (Phi) is 5.17. The molecule has 9 heteroatoms. The Hall–Kier alpha value is -1.70. The standard InChI is InChI=1S/C13H13F4NO3.ClH/c1-12(2)6-20-11(19)18-10(12)8-5-7(3-4-9(8)14)21-13(15,16)17;/h3-5,10H,6H2,1-2H3,(H,18,19);1H/t10-;/m1./s1. The van der Waals surface area contributed by atoms with Gasteiger partial charge in [-0.05, 0) is 18.2 Å². The lowest BCUT2D eigenvalue weighted by molar-refractivity contribution is -0.274. The van der Waals surface area contributed by atoms with E-state index in [-0.39, 0.29) is 24.6 Å². The summed E-state index contributed by atoms with van der Waals surface area (Å²) in [4.78, 5) is 11.3. The van der Waals surface area contributed by atoms with Crippen molar-refractivity contribution in [2.24, 2.45) is 5.41 Å². The zero-order valence-corrected chi connectivity index (χ0v) is 12.5. The van der Waals surface area contributed by atoms with E-state index in [1.54, 1.807) is 13.8 Å². The molecule has 0 aliphatic carbocycles. The average Bonchev–Trinajstić information content (AvgIpc) is 2.33. The van der Waals surface area contributed by atoms with Crippen LogP contribution in [0.15, 0.2) is 18.2 Å². The van der Waals surface area contributed by atoms with E-state index >= 15 is 0 Å². The van der Waals surface area contributed by atoms with E-state index in [2.05, 4.69) is 10.1 Å². The second-order valence-corrected chi connectivity index (χ2v) is 5.37. The van der Waals surface area contributed by atoms with Crippen LogP contribution < -0.4 is 10.1 Å². The van der Waals surface area contributed by atoms with Gasteiger partial charge in [-0.25, -0.2) is 9.18 Å². The maximum Gasteiger partial charge on any atom is 0.573 e. The number of rotatable bonds is 2. The Labute approximate surface area is 130 Å². The molecule has 1 aromatic rings. The third-order valence-electron chi connectivity index (χ3n) is 3.13. The molecule has 4 nitrogen and oxygen atoms in total. The SMILES string of the molecule is CC1(C)COC(=O)N[C@@H]1c1cc(OC(F)(F)F)ccc1F.Cl. The number of amides is 1. The lowest BCUT2D eigenvalue weighted by Gasteiger charge is -2.38. The first-order valence-corrected chi connectivity index (χ1v) is 6.07. The van der Waals surface area contributed by atoms with Crippen LogP contribution in [0.4, 0.5) is 22.4 Å². The zero-order chi connectivity index (χ0) is 15.8. The molecule has 2 rings (SSSR count). The number of hydrogen-bond donors (Lipinski definition) is 1. The summed E-state index contributed by atoms with van der Waals surface area (Å²) in [5.74, 6) is -1.28. The Morgan fingerprint density at radius 2 is 2.00 bits per heavy atom. The number of alkyl carbamates (subject to hydrolysis) is 1. The number of ether oxygens (including phenoxy) is 2. The largest absolute Gasteiger partial charge is 0.573 e. The van der Waals surface area contributed by atoms with Crippen molar-refractivity contribution >= 4 is 18.5 Å². The summed E-state index contributed by atoms with van der Waals surface area (Å²) in [6, 6.07) is 1.85. The van der Waals surface area contributed by atoms with Gasteiger partial charge in [-0.2, -0.15) is 0 Å². The Balaban J connectivity index is 0.00000242. The fourth-order valence-corrected chi connectivity index (χ4v) is 2.13. The Morgan fingerprint density at radius 1 is 1.36 bits per heavy atom. The van der Waals surface area contributed by atoms with Crippen LogP contribution in [0.3, 0.4) is 0 Å².